The van der Waals surface area contributed by atoms with Gasteiger partial charge in [-0.25, -0.2) is 19.3 Å². The molecular weight excluding hydrogens is 511 g/mol. The van der Waals surface area contributed by atoms with Gasteiger partial charge >= 0.3 is 5.63 Å². The molecule has 1 aliphatic heterocycles. The van der Waals surface area contributed by atoms with E-state index in [0.29, 0.717) is 60.8 Å². The predicted octanol–water partition coefficient (Wildman–Crippen LogP) is 6.80. The highest BCUT2D eigenvalue weighted by Crippen LogP contribution is 2.50. The molecule has 37 heavy (non-hydrogen) atoms. The van der Waals surface area contributed by atoms with Gasteiger partial charge in [-0.05, 0) is 42.3 Å². The number of fused-ring (bicyclic) bond motifs is 6. The maximum absolute atomic E-state index is 13.5. The molecule has 4 heterocycles. The minimum Gasteiger partial charge on any atom is -0.437 e. The molecule has 7 nitrogen and oxygen atoms in total. The third-order valence-electron chi connectivity index (χ3n) is 6.62. The molecular formula is C28H16Cl2N4O3. The fraction of sp³-hybridized carbons (Fsp3) is 0.0714. The van der Waals surface area contributed by atoms with E-state index >= 15 is 0 Å². The molecule has 3 aromatic heterocycles. The van der Waals surface area contributed by atoms with Crippen LogP contribution in [0.2, 0.25) is 10.0 Å². The molecule has 9 heteroatoms. The summed E-state index contributed by atoms with van der Waals surface area (Å²) in [7, 11) is 0. The SMILES string of the molecule is Cc1ccccc1-c1nc2c3c(ncn2n1)Oc1c(c(=O)oc2ccccc12)C3c1ccc(Cl)cc1Cl. The molecule has 0 fully saturated rings. The molecule has 7 rings (SSSR count). The predicted molar refractivity (Wildman–Crippen MR) is 141 cm³/mol. The van der Waals surface area contributed by atoms with E-state index in [1.807, 2.05) is 43.3 Å². The zero-order chi connectivity index (χ0) is 25.3. The van der Waals surface area contributed by atoms with Crippen molar-refractivity contribution in [3.63, 3.8) is 0 Å². The first-order valence-corrected chi connectivity index (χ1v) is 12.2. The Morgan fingerprint density at radius 1 is 0.973 bits per heavy atom. The maximum Gasteiger partial charge on any atom is 0.344 e. The average Bonchev–Trinajstić information content (AvgIpc) is 3.32. The van der Waals surface area contributed by atoms with E-state index in [1.54, 1.807) is 41.2 Å². The molecule has 180 valence electrons. The number of ether oxygens (including phenoxy) is 1. The summed E-state index contributed by atoms with van der Waals surface area (Å²) < 4.78 is 13.6. The highest BCUT2D eigenvalue weighted by Gasteiger charge is 2.38. The molecule has 1 atom stereocenters. The van der Waals surface area contributed by atoms with Gasteiger partial charge in [-0.1, -0.05) is 65.7 Å². The number of para-hydroxylation sites is 1. The summed E-state index contributed by atoms with van der Waals surface area (Å²) in [6, 6.07) is 20.3. The highest BCUT2D eigenvalue weighted by molar-refractivity contribution is 6.35. The van der Waals surface area contributed by atoms with Crippen molar-refractivity contribution in [3.05, 3.63) is 116 Å². The van der Waals surface area contributed by atoms with Crippen LogP contribution in [0.25, 0.3) is 28.0 Å². The van der Waals surface area contributed by atoms with E-state index in [-0.39, 0.29) is 0 Å². The lowest BCUT2D eigenvalue weighted by Gasteiger charge is -2.27. The normalized spacial score (nSPS) is 14.4. The second-order valence-electron chi connectivity index (χ2n) is 8.81. The van der Waals surface area contributed by atoms with E-state index in [9.17, 15) is 4.79 Å². The van der Waals surface area contributed by atoms with Crippen LogP contribution >= 0.6 is 23.2 Å². The van der Waals surface area contributed by atoms with E-state index in [4.69, 9.17) is 37.3 Å². The number of benzene rings is 3. The number of hydrogen-bond acceptors (Lipinski definition) is 6. The van der Waals surface area contributed by atoms with Crippen molar-refractivity contribution in [2.75, 3.05) is 0 Å². The molecule has 0 radical (unpaired) electrons. The van der Waals surface area contributed by atoms with Crippen molar-refractivity contribution >= 4 is 39.8 Å². The van der Waals surface area contributed by atoms with Crippen LogP contribution in [-0.2, 0) is 0 Å². The number of halogens is 2. The van der Waals surface area contributed by atoms with Gasteiger partial charge in [-0.3, -0.25) is 0 Å². The maximum atomic E-state index is 13.5. The number of aromatic nitrogens is 4. The zero-order valence-electron chi connectivity index (χ0n) is 19.3. The van der Waals surface area contributed by atoms with Crippen LogP contribution < -0.4 is 10.4 Å². The Morgan fingerprint density at radius 2 is 1.78 bits per heavy atom. The zero-order valence-corrected chi connectivity index (χ0v) is 20.8. The van der Waals surface area contributed by atoms with Gasteiger partial charge in [0.05, 0.1) is 22.4 Å². The van der Waals surface area contributed by atoms with Crippen LogP contribution in [0, 0.1) is 6.92 Å². The van der Waals surface area contributed by atoms with Gasteiger partial charge in [0.1, 0.15) is 11.9 Å². The lowest BCUT2D eigenvalue weighted by atomic mass is 9.84. The molecule has 0 saturated carbocycles. The summed E-state index contributed by atoms with van der Waals surface area (Å²) in [5.41, 5.74) is 3.83. The van der Waals surface area contributed by atoms with Gasteiger partial charge in [0, 0.05) is 15.6 Å². The van der Waals surface area contributed by atoms with Crippen LogP contribution in [0.5, 0.6) is 11.6 Å². The Hall–Kier alpha value is -4.20. The van der Waals surface area contributed by atoms with Gasteiger partial charge in [0.15, 0.2) is 17.2 Å². The molecule has 6 aromatic rings. The second kappa shape index (κ2) is 8.16. The average molecular weight is 527 g/mol. The third-order valence-corrected chi connectivity index (χ3v) is 7.18. The number of nitrogens with zero attached hydrogens (tertiary/aromatic N) is 4. The molecule has 1 unspecified atom stereocenters. The third kappa shape index (κ3) is 3.35. The Morgan fingerprint density at radius 3 is 2.62 bits per heavy atom. The molecule has 0 saturated heterocycles. The van der Waals surface area contributed by atoms with E-state index < -0.39 is 11.5 Å². The molecule has 0 bridgehead atoms. The molecule has 3 aromatic carbocycles. The van der Waals surface area contributed by atoms with Crippen molar-refractivity contribution in [2.45, 2.75) is 12.8 Å². The number of rotatable bonds is 2. The molecule has 0 amide bonds. The van der Waals surface area contributed by atoms with Gasteiger partial charge in [-0.2, -0.15) is 0 Å². The highest BCUT2D eigenvalue weighted by atomic mass is 35.5. The fourth-order valence-corrected chi connectivity index (χ4v) is 5.43. The lowest BCUT2D eigenvalue weighted by molar-refractivity contribution is 0.422. The first-order chi connectivity index (χ1) is 18.0. The van der Waals surface area contributed by atoms with Crippen molar-refractivity contribution in [1.29, 1.82) is 0 Å². The molecule has 0 aliphatic carbocycles. The Balaban J connectivity index is 1.57. The monoisotopic (exact) mass is 526 g/mol. The minimum absolute atomic E-state index is 0.311. The van der Waals surface area contributed by atoms with Gasteiger partial charge in [0.25, 0.3) is 0 Å². The molecule has 1 aliphatic rings. The van der Waals surface area contributed by atoms with Gasteiger partial charge in [-0.15, -0.1) is 5.10 Å². The van der Waals surface area contributed by atoms with Crippen LogP contribution in [0.1, 0.15) is 28.2 Å². The molecule has 0 spiro atoms. The summed E-state index contributed by atoms with van der Waals surface area (Å²) in [5, 5.41) is 6.20. The minimum atomic E-state index is -0.686. The van der Waals surface area contributed by atoms with E-state index in [2.05, 4.69) is 10.1 Å². The van der Waals surface area contributed by atoms with Crippen molar-refractivity contribution in [3.8, 4) is 23.0 Å². The standard InChI is InChI=1S/C28H16Cl2N4O3/c1-14-6-2-3-7-16(14)25-32-26-23-21(17-11-10-15(29)12-19(17)30)22-24(37-27(23)31-13-34(26)33-25)18-8-4-5-9-20(18)36-28(22)35/h2-13,21H,1H3. The Labute approximate surface area is 219 Å². The topological polar surface area (TPSA) is 82.5 Å². The molecule has 0 N–H and O–H groups in total. The lowest BCUT2D eigenvalue weighted by Crippen LogP contribution is -2.22. The van der Waals surface area contributed by atoms with Crippen LogP contribution in [-0.4, -0.2) is 19.6 Å². The largest absolute Gasteiger partial charge is 0.437 e. The van der Waals surface area contributed by atoms with Crippen LogP contribution in [0.3, 0.4) is 0 Å². The number of hydrogen-bond donors (Lipinski definition) is 0. The summed E-state index contributed by atoms with van der Waals surface area (Å²) in [5.74, 6) is 0.543. The summed E-state index contributed by atoms with van der Waals surface area (Å²) in [4.78, 5) is 22.9. The summed E-state index contributed by atoms with van der Waals surface area (Å²) >= 11 is 12.9. The van der Waals surface area contributed by atoms with Gasteiger partial charge < -0.3 is 9.15 Å². The van der Waals surface area contributed by atoms with E-state index in [1.165, 1.54) is 0 Å². The van der Waals surface area contributed by atoms with Gasteiger partial charge in [0.2, 0.25) is 5.88 Å². The number of aryl methyl sites for hydroxylation is 1. The van der Waals surface area contributed by atoms with E-state index in [0.717, 1.165) is 11.1 Å². The quantitative estimate of drug-likeness (QED) is 0.230. The Bertz CT molecular complexity index is 1950. The first-order valence-electron chi connectivity index (χ1n) is 11.5. The Kier molecular flexibility index (Phi) is 4.86. The van der Waals surface area contributed by atoms with Crippen LogP contribution in [0.4, 0.5) is 0 Å². The summed E-state index contributed by atoms with van der Waals surface area (Å²) in [6.07, 6.45) is 1.56. The smallest absolute Gasteiger partial charge is 0.344 e. The summed E-state index contributed by atoms with van der Waals surface area (Å²) in [6.45, 7) is 2.00. The fourth-order valence-electron chi connectivity index (χ4n) is 4.91. The van der Waals surface area contributed by atoms with Crippen molar-refractivity contribution < 1.29 is 9.15 Å². The van der Waals surface area contributed by atoms with Crippen LogP contribution in [0.15, 0.2) is 82.3 Å². The first kappa shape index (κ1) is 22.0. The van der Waals surface area contributed by atoms with Crippen molar-refractivity contribution in [2.24, 2.45) is 0 Å². The second-order valence-corrected chi connectivity index (χ2v) is 9.65. The van der Waals surface area contributed by atoms with Crippen molar-refractivity contribution in [1.82, 2.24) is 19.6 Å².